The van der Waals surface area contributed by atoms with Gasteiger partial charge in [-0.05, 0) is 51.7 Å². The van der Waals surface area contributed by atoms with Gasteiger partial charge in [-0.25, -0.2) is 14.4 Å². The highest BCUT2D eigenvalue weighted by molar-refractivity contribution is 6.09. The van der Waals surface area contributed by atoms with Gasteiger partial charge in [-0.2, -0.15) is 4.98 Å². The molecule has 5 rings (SSSR count). The molecule has 1 aliphatic carbocycles. The maximum absolute atomic E-state index is 14.6. The molecule has 2 aromatic heterocycles. The van der Waals surface area contributed by atoms with Crippen LogP contribution in [-0.4, -0.2) is 43.5 Å². The topological polar surface area (TPSA) is 62.4 Å². The van der Waals surface area contributed by atoms with E-state index in [0.717, 1.165) is 36.6 Å². The van der Waals surface area contributed by atoms with Gasteiger partial charge >= 0.3 is 0 Å². The summed E-state index contributed by atoms with van der Waals surface area (Å²) in [6.07, 6.45) is 11.4. The fourth-order valence-corrected chi connectivity index (χ4v) is 4.77. The van der Waals surface area contributed by atoms with Gasteiger partial charge in [-0.15, -0.1) is 0 Å². The summed E-state index contributed by atoms with van der Waals surface area (Å²) in [5.41, 5.74) is 1.28. The molecule has 0 unspecified atom stereocenters. The average Bonchev–Trinajstić information content (AvgIpc) is 3.27. The molecule has 1 saturated carbocycles. The van der Waals surface area contributed by atoms with Crippen molar-refractivity contribution in [2.24, 2.45) is 4.99 Å². The summed E-state index contributed by atoms with van der Waals surface area (Å²) in [6, 6.07) is 7.28. The number of nitrogens with zero attached hydrogens (tertiary/aromatic N) is 7. The van der Waals surface area contributed by atoms with E-state index in [4.69, 9.17) is 9.98 Å². The Bertz CT molecular complexity index is 1230. The molecule has 2 aliphatic rings. The van der Waals surface area contributed by atoms with E-state index in [2.05, 4.69) is 42.2 Å². The van der Waals surface area contributed by atoms with Crippen molar-refractivity contribution < 1.29 is 4.39 Å². The van der Waals surface area contributed by atoms with Crippen molar-refractivity contribution in [1.82, 2.24) is 19.5 Å². The summed E-state index contributed by atoms with van der Waals surface area (Å²) in [5, 5.41) is 0. The van der Waals surface area contributed by atoms with E-state index in [1.807, 2.05) is 11.1 Å². The standard InChI is InChI=1S/C26H30FN7/c1-5-21-24(30-17(3)4)32(6-2)22-16-29-26(31-25(22)34(21)18-10-9-11-18)33-15-14-28-23(33)19-12-7-8-13-20(19)27/h6-8,12-18,21H,2,5,9-11H2,1,3-4H3/t21-/m1/s1. The Labute approximate surface area is 199 Å². The van der Waals surface area contributed by atoms with Crippen LogP contribution in [-0.2, 0) is 0 Å². The number of fused-ring (bicyclic) bond motifs is 1. The summed E-state index contributed by atoms with van der Waals surface area (Å²) >= 11 is 0. The van der Waals surface area contributed by atoms with Crippen molar-refractivity contribution in [1.29, 1.82) is 0 Å². The minimum absolute atomic E-state index is 0.0924. The summed E-state index contributed by atoms with van der Waals surface area (Å²) < 4.78 is 16.3. The van der Waals surface area contributed by atoms with Crippen LogP contribution in [0.3, 0.4) is 0 Å². The van der Waals surface area contributed by atoms with Gasteiger partial charge in [0.25, 0.3) is 0 Å². The number of aliphatic imine (C=N–C) groups is 1. The molecule has 7 nitrogen and oxygen atoms in total. The zero-order chi connectivity index (χ0) is 23.8. The first-order chi connectivity index (χ1) is 16.5. The van der Waals surface area contributed by atoms with Crippen LogP contribution >= 0.6 is 0 Å². The van der Waals surface area contributed by atoms with Gasteiger partial charge in [0.1, 0.15) is 23.2 Å². The Morgan fingerprint density at radius 3 is 2.68 bits per heavy atom. The maximum Gasteiger partial charge on any atom is 0.237 e. The molecule has 0 amide bonds. The van der Waals surface area contributed by atoms with Crippen LogP contribution in [0.1, 0.15) is 46.5 Å². The monoisotopic (exact) mass is 459 g/mol. The highest BCUT2D eigenvalue weighted by atomic mass is 19.1. The minimum Gasteiger partial charge on any atom is -0.342 e. The quantitative estimate of drug-likeness (QED) is 0.495. The lowest BCUT2D eigenvalue weighted by atomic mass is 9.88. The Kier molecular flexibility index (Phi) is 5.89. The number of hydrogen-bond donors (Lipinski definition) is 0. The first-order valence-corrected chi connectivity index (χ1v) is 12.0. The molecule has 0 saturated heterocycles. The second-order valence-corrected chi connectivity index (χ2v) is 9.03. The lowest BCUT2D eigenvalue weighted by Crippen LogP contribution is -2.57. The van der Waals surface area contributed by atoms with Crippen LogP contribution in [0.4, 0.5) is 15.9 Å². The van der Waals surface area contributed by atoms with Crippen molar-refractivity contribution >= 4 is 17.3 Å². The fraction of sp³-hybridized carbons (Fsp3) is 0.385. The number of aromatic nitrogens is 4. The smallest absolute Gasteiger partial charge is 0.237 e. The molecule has 176 valence electrons. The number of rotatable bonds is 6. The molecular formula is C26H30FN7. The Morgan fingerprint density at radius 1 is 1.24 bits per heavy atom. The molecule has 1 aromatic carbocycles. The number of anilines is 2. The largest absolute Gasteiger partial charge is 0.342 e. The molecule has 3 heterocycles. The van der Waals surface area contributed by atoms with Crippen LogP contribution in [0.25, 0.3) is 17.3 Å². The molecule has 1 atom stereocenters. The predicted octanol–water partition coefficient (Wildman–Crippen LogP) is 5.38. The first kappa shape index (κ1) is 22.3. The summed E-state index contributed by atoms with van der Waals surface area (Å²) in [7, 11) is 0. The third kappa shape index (κ3) is 3.67. The van der Waals surface area contributed by atoms with Gasteiger partial charge in [-0.1, -0.05) is 25.6 Å². The Balaban J connectivity index is 1.67. The van der Waals surface area contributed by atoms with Crippen LogP contribution in [0.5, 0.6) is 0 Å². The highest BCUT2D eigenvalue weighted by Crippen LogP contribution is 2.42. The fourth-order valence-electron chi connectivity index (χ4n) is 4.77. The summed E-state index contributed by atoms with van der Waals surface area (Å²) in [5.74, 6) is 2.44. The van der Waals surface area contributed by atoms with Crippen LogP contribution in [0.2, 0.25) is 0 Å². The lowest BCUT2D eigenvalue weighted by molar-refractivity contribution is 0.369. The normalized spacial score (nSPS) is 19.4. The molecule has 0 radical (unpaired) electrons. The van der Waals surface area contributed by atoms with E-state index in [0.29, 0.717) is 23.4 Å². The minimum atomic E-state index is -0.331. The van der Waals surface area contributed by atoms with Gasteiger partial charge in [0, 0.05) is 30.7 Å². The second kappa shape index (κ2) is 9.00. The third-order valence-electron chi connectivity index (χ3n) is 6.52. The van der Waals surface area contributed by atoms with Crippen LogP contribution in [0, 0.1) is 5.82 Å². The summed E-state index contributed by atoms with van der Waals surface area (Å²) in [4.78, 5) is 23.5. The molecule has 1 fully saturated rings. The van der Waals surface area contributed by atoms with Crippen LogP contribution < -0.4 is 9.80 Å². The zero-order valence-corrected chi connectivity index (χ0v) is 19.9. The number of hydrogen-bond acceptors (Lipinski definition) is 5. The van der Waals surface area contributed by atoms with Crippen molar-refractivity contribution in [3.8, 4) is 17.3 Å². The van der Waals surface area contributed by atoms with Crippen molar-refractivity contribution in [3.05, 3.63) is 61.5 Å². The lowest BCUT2D eigenvalue weighted by Gasteiger charge is -2.49. The summed E-state index contributed by atoms with van der Waals surface area (Å²) in [6.45, 7) is 10.4. The first-order valence-electron chi connectivity index (χ1n) is 12.0. The van der Waals surface area contributed by atoms with Crippen molar-refractivity contribution in [2.75, 3.05) is 9.80 Å². The van der Waals surface area contributed by atoms with Crippen molar-refractivity contribution in [2.45, 2.75) is 64.6 Å². The van der Waals surface area contributed by atoms with E-state index < -0.39 is 0 Å². The Hall–Kier alpha value is -3.55. The highest BCUT2D eigenvalue weighted by Gasteiger charge is 2.41. The second-order valence-electron chi connectivity index (χ2n) is 9.03. The van der Waals surface area contributed by atoms with Gasteiger partial charge in [0.05, 0.1) is 17.8 Å². The van der Waals surface area contributed by atoms with E-state index in [-0.39, 0.29) is 17.9 Å². The molecule has 3 aromatic rings. The number of imidazole rings is 1. The van der Waals surface area contributed by atoms with E-state index in [1.54, 1.807) is 41.4 Å². The number of benzene rings is 1. The van der Waals surface area contributed by atoms with Gasteiger partial charge in [0.2, 0.25) is 5.95 Å². The average molecular weight is 460 g/mol. The number of amidine groups is 1. The molecule has 0 spiro atoms. The number of halogens is 1. The van der Waals surface area contributed by atoms with E-state index in [9.17, 15) is 4.39 Å². The SMILES string of the molecule is C=CN1C(=NC(C)C)[C@@H](CC)N(C2CCC2)c2nc(-n3ccnc3-c3ccccc3F)ncc21. The van der Waals surface area contributed by atoms with E-state index >= 15 is 0 Å². The van der Waals surface area contributed by atoms with Crippen molar-refractivity contribution in [3.63, 3.8) is 0 Å². The molecule has 0 bridgehead atoms. The molecular weight excluding hydrogens is 429 g/mol. The molecule has 34 heavy (non-hydrogen) atoms. The molecule has 0 N–H and O–H groups in total. The predicted molar refractivity (Wildman–Crippen MR) is 134 cm³/mol. The molecule has 1 aliphatic heterocycles. The molecule has 8 heteroatoms. The van der Waals surface area contributed by atoms with Crippen LogP contribution in [0.15, 0.2) is 60.6 Å². The maximum atomic E-state index is 14.6. The Morgan fingerprint density at radius 2 is 2.03 bits per heavy atom. The van der Waals surface area contributed by atoms with Gasteiger partial charge < -0.3 is 4.90 Å². The third-order valence-corrected chi connectivity index (χ3v) is 6.52. The van der Waals surface area contributed by atoms with Gasteiger partial charge in [-0.3, -0.25) is 14.5 Å². The van der Waals surface area contributed by atoms with E-state index in [1.165, 1.54) is 12.5 Å². The zero-order valence-electron chi connectivity index (χ0n) is 19.9. The van der Waals surface area contributed by atoms with Gasteiger partial charge in [0.15, 0.2) is 5.82 Å².